The molecule has 0 aliphatic heterocycles. The average Bonchev–Trinajstić information content (AvgIpc) is 2.85. The van der Waals surface area contributed by atoms with Crippen LogP contribution in [0.5, 0.6) is 5.75 Å². The Labute approximate surface area is 219 Å². The van der Waals surface area contributed by atoms with Crippen molar-refractivity contribution >= 4 is 61.6 Å². The minimum absolute atomic E-state index is 0.176. The number of carbonyl (C=O) groups excluding carboxylic acids is 1. The Hall–Kier alpha value is -2.27. The summed E-state index contributed by atoms with van der Waals surface area (Å²) in [5.41, 5.74) is 1.32. The van der Waals surface area contributed by atoms with E-state index in [1.54, 1.807) is 25.3 Å². The number of ether oxygens (including phenoxy) is 2. The highest BCUT2D eigenvalue weighted by Gasteiger charge is 2.22. The summed E-state index contributed by atoms with van der Waals surface area (Å²) >= 11 is 5.60. The molecular formula is C25H25BrIN3O4. The number of rotatable bonds is 6. The van der Waals surface area contributed by atoms with Gasteiger partial charge < -0.3 is 9.47 Å². The lowest BCUT2D eigenvalue weighted by Gasteiger charge is -2.22. The third-order valence-electron chi connectivity index (χ3n) is 5.92. The molecule has 7 nitrogen and oxygen atoms in total. The van der Waals surface area contributed by atoms with Gasteiger partial charge in [0.2, 0.25) is 0 Å². The second-order valence-corrected chi connectivity index (χ2v) is 10.4. The van der Waals surface area contributed by atoms with E-state index < -0.39 is 12.1 Å². The molecule has 1 atom stereocenters. The van der Waals surface area contributed by atoms with Gasteiger partial charge in [-0.3, -0.25) is 4.79 Å². The topological polar surface area (TPSA) is 82.8 Å². The Bertz CT molecular complexity index is 1300. The molecule has 1 fully saturated rings. The lowest BCUT2D eigenvalue weighted by atomic mass is 9.88. The summed E-state index contributed by atoms with van der Waals surface area (Å²) in [7, 11) is 1.33. The maximum absolute atomic E-state index is 13.4. The molecular weight excluding hydrogens is 613 g/mol. The van der Waals surface area contributed by atoms with Gasteiger partial charge in [-0.2, -0.15) is 9.78 Å². The van der Waals surface area contributed by atoms with Crippen LogP contribution in [-0.2, 0) is 9.53 Å². The van der Waals surface area contributed by atoms with Crippen LogP contribution >= 0.6 is 38.5 Å². The molecule has 1 aromatic heterocycles. The van der Waals surface area contributed by atoms with E-state index >= 15 is 0 Å². The number of aromatic nitrogens is 2. The van der Waals surface area contributed by atoms with Gasteiger partial charge in [-0.25, -0.2) is 9.78 Å². The first-order chi connectivity index (χ1) is 16.4. The standard InChI is InChI=1S/C25H25BrIN3O4/c1-15(25(32)33-2)34-22-11-8-16(12-20(22)27)14-28-30-23(17-6-4-3-5-7-17)29-21-10-9-18(26)13-19(21)24(30)31/h8-15,17H,3-7H2,1-2H3/t15-/m1/s1. The molecule has 34 heavy (non-hydrogen) atoms. The Morgan fingerprint density at radius 2 is 2.00 bits per heavy atom. The van der Waals surface area contributed by atoms with Crippen molar-refractivity contribution in [2.45, 2.75) is 51.0 Å². The van der Waals surface area contributed by atoms with Crippen molar-refractivity contribution in [2.24, 2.45) is 5.10 Å². The molecule has 178 valence electrons. The Morgan fingerprint density at radius 3 is 2.71 bits per heavy atom. The van der Waals surface area contributed by atoms with E-state index in [2.05, 4.69) is 43.6 Å². The Morgan fingerprint density at radius 1 is 1.24 bits per heavy atom. The van der Waals surface area contributed by atoms with Gasteiger partial charge in [0.05, 0.1) is 27.8 Å². The number of halogens is 2. The monoisotopic (exact) mass is 637 g/mol. The molecule has 2 aromatic carbocycles. The summed E-state index contributed by atoms with van der Waals surface area (Å²) in [6.07, 6.45) is 6.44. The molecule has 3 aromatic rings. The average molecular weight is 638 g/mol. The second kappa shape index (κ2) is 11.0. The van der Waals surface area contributed by atoms with Crippen LogP contribution in [0.25, 0.3) is 10.9 Å². The van der Waals surface area contributed by atoms with E-state index in [1.807, 2.05) is 24.3 Å². The Kier molecular flexibility index (Phi) is 8.02. The molecule has 0 bridgehead atoms. The number of benzene rings is 2. The molecule has 0 saturated heterocycles. The van der Waals surface area contributed by atoms with Crippen molar-refractivity contribution in [3.05, 3.63) is 66.2 Å². The third kappa shape index (κ3) is 5.51. The van der Waals surface area contributed by atoms with Crippen molar-refractivity contribution in [3.8, 4) is 5.75 Å². The molecule has 1 saturated carbocycles. The van der Waals surface area contributed by atoms with E-state index in [0.717, 1.165) is 45.1 Å². The summed E-state index contributed by atoms with van der Waals surface area (Å²) < 4.78 is 13.5. The van der Waals surface area contributed by atoms with Gasteiger partial charge in [0, 0.05) is 10.4 Å². The molecule has 0 spiro atoms. The van der Waals surface area contributed by atoms with E-state index in [9.17, 15) is 9.59 Å². The smallest absolute Gasteiger partial charge is 0.346 e. The van der Waals surface area contributed by atoms with Gasteiger partial charge in [0.15, 0.2) is 6.10 Å². The van der Waals surface area contributed by atoms with Crippen molar-refractivity contribution in [1.82, 2.24) is 9.66 Å². The minimum atomic E-state index is -0.711. The second-order valence-electron chi connectivity index (χ2n) is 8.30. The zero-order valence-electron chi connectivity index (χ0n) is 19.0. The summed E-state index contributed by atoms with van der Waals surface area (Å²) in [5, 5.41) is 5.12. The van der Waals surface area contributed by atoms with Crippen LogP contribution in [0.15, 0.2) is 50.8 Å². The van der Waals surface area contributed by atoms with Crippen molar-refractivity contribution in [3.63, 3.8) is 0 Å². The number of carbonyl (C=O) groups is 1. The first-order valence-corrected chi connectivity index (χ1v) is 13.0. The molecule has 1 aliphatic carbocycles. The first-order valence-electron chi connectivity index (χ1n) is 11.2. The maximum atomic E-state index is 13.4. The highest BCUT2D eigenvalue weighted by Crippen LogP contribution is 2.32. The zero-order chi connectivity index (χ0) is 24.2. The van der Waals surface area contributed by atoms with Gasteiger partial charge in [0.25, 0.3) is 5.56 Å². The summed E-state index contributed by atoms with van der Waals surface area (Å²) in [5.74, 6) is 1.07. The van der Waals surface area contributed by atoms with Crippen LogP contribution in [0.3, 0.4) is 0 Å². The van der Waals surface area contributed by atoms with E-state index in [-0.39, 0.29) is 11.5 Å². The number of methoxy groups -OCH3 is 1. The molecule has 0 radical (unpaired) electrons. The largest absolute Gasteiger partial charge is 0.478 e. The summed E-state index contributed by atoms with van der Waals surface area (Å²) in [6, 6.07) is 11.1. The number of hydrogen-bond acceptors (Lipinski definition) is 6. The molecule has 9 heteroatoms. The molecule has 0 amide bonds. The van der Waals surface area contributed by atoms with Gasteiger partial charge >= 0.3 is 5.97 Å². The highest BCUT2D eigenvalue weighted by atomic mass is 127. The predicted octanol–water partition coefficient (Wildman–Crippen LogP) is 5.63. The van der Waals surface area contributed by atoms with Crippen LogP contribution in [0.4, 0.5) is 0 Å². The lowest BCUT2D eigenvalue weighted by Crippen LogP contribution is -2.25. The molecule has 1 aliphatic rings. The summed E-state index contributed by atoms with van der Waals surface area (Å²) in [4.78, 5) is 29.9. The summed E-state index contributed by atoms with van der Waals surface area (Å²) in [6.45, 7) is 1.64. The van der Waals surface area contributed by atoms with Gasteiger partial charge in [-0.15, -0.1) is 0 Å². The minimum Gasteiger partial charge on any atom is -0.478 e. The molecule has 1 heterocycles. The van der Waals surface area contributed by atoms with E-state index in [0.29, 0.717) is 16.7 Å². The quantitative estimate of drug-likeness (QED) is 0.199. The van der Waals surface area contributed by atoms with Gasteiger partial charge in [-0.05, 0) is 84.3 Å². The van der Waals surface area contributed by atoms with Crippen LogP contribution in [0.1, 0.15) is 56.3 Å². The molecule has 4 rings (SSSR count). The fourth-order valence-corrected chi connectivity index (χ4v) is 5.15. The molecule has 0 unspecified atom stereocenters. The zero-order valence-corrected chi connectivity index (χ0v) is 22.7. The maximum Gasteiger partial charge on any atom is 0.346 e. The number of nitrogens with zero attached hydrogens (tertiary/aromatic N) is 3. The fourth-order valence-electron chi connectivity index (χ4n) is 4.12. The van der Waals surface area contributed by atoms with E-state index in [1.165, 1.54) is 18.2 Å². The van der Waals surface area contributed by atoms with Crippen LogP contribution in [-0.4, -0.2) is 35.1 Å². The van der Waals surface area contributed by atoms with E-state index in [4.69, 9.17) is 14.5 Å². The molecule has 0 N–H and O–H groups in total. The number of hydrogen-bond donors (Lipinski definition) is 0. The first kappa shape index (κ1) is 24.8. The van der Waals surface area contributed by atoms with Gasteiger partial charge in [0.1, 0.15) is 11.6 Å². The third-order valence-corrected chi connectivity index (χ3v) is 7.26. The number of fused-ring (bicyclic) bond motifs is 1. The van der Waals surface area contributed by atoms with Crippen molar-refractivity contribution in [1.29, 1.82) is 0 Å². The van der Waals surface area contributed by atoms with Crippen molar-refractivity contribution < 1.29 is 14.3 Å². The van der Waals surface area contributed by atoms with Crippen LogP contribution in [0.2, 0.25) is 0 Å². The SMILES string of the molecule is COC(=O)[C@@H](C)Oc1ccc(C=Nn2c(C3CCCCC3)nc3ccc(Br)cc3c2=O)cc1I. The number of esters is 1. The van der Waals surface area contributed by atoms with Gasteiger partial charge in [-0.1, -0.05) is 35.2 Å². The van der Waals surface area contributed by atoms with Crippen molar-refractivity contribution in [2.75, 3.05) is 7.11 Å². The predicted molar refractivity (Wildman–Crippen MR) is 144 cm³/mol. The fraction of sp³-hybridized carbons (Fsp3) is 0.360. The Balaban J connectivity index is 1.70. The normalized spacial score (nSPS) is 15.5. The highest BCUT2D eigenvalue weighted by molar-refractivity contribution is 14.1. The van der Waals surface area contributed by atoms with Crippen LogP contribution < -0.4 is 10.3 Å². The van der Waals surface area contributed by atoms with Crippen LogP contribution in [0, 0.1) is 3.57 Å². The lowest BCUT2D eigenvalue weighted by molar-refractivity contribution is -0.147.